The molecule has 1 amide bonds. The van der Waals surface area contributed by atoms with Crippen molar-refractivity contribution in [3.05, 3.63) is 0 Å². The van der Waals surface area contributed by atoms with Crippen LogP contribution in [-0.4, -0.2) is 38.8 Å². The first-order valence-corrected chi connectivity index (χ1v) is 6.88. The molecule has 2 N–H and O–H groups in total. The van der Waals surface area contributed by atoms with E-state index in [9.17, 15) is 4.79 Å². The van der Waals surface area contributed by atoms with E-state index in [4.69, 9.17) is 4.74 Å². The van der Waals surface area contributed by atoms with Gasteiger partial charge in [-0.1, -0.05) is 0 Å². The first-order valence-electron chi connectivity index (χ1n) is 6.88. The molecule has 1 aliphatic rings. The Kier molecular flexibility index (Phi) is 8.01. The Morgan fingerprint density at radius 2 is 2.41 bits per heavy atom. The van der Waals surface area contributed by atoms with E-state index in [1.54, 1.807) is 0 Å². The van der Waals surface area contributed by atoms with E-state index in [1.807, 2.05) is 6.92 Å². The molecule has 1 heterocycles. The fraction of sp³-hybridized carbons (Fsp3) is 0.923. The van der Waals surface area contributed by atoms with Crippen LogP contribution in [0.3, 0.4) is 0 Å². The number of piperidine rings is 1. The lowest BCUT2D eigenvalue weighted by molar-refractivity contribution is -0.121. The van der Waals surface area contributed by atoms with Crippen molar-refractivity contribution in [2.24, 2.45) is 5.92 Å². The minimum Gasteiger partial charge on any atom is -0.382 e. The summed E-state index contributed by atoms with van der Waals surface area (Å²) in [5.41, 5.74) is 0. The summed E-state index contributed by atoms with van der Waals surface area (Å²) in [7, 11) is 0. The zero-order valence-electron chi connectivity index (χ0n) is 11.0. The molecule has 4 nitrogen and oxygen atoms in total. The second-order valence-electron chi connectivity index (χ2n) is 4.65. The maximum Gasteiger partial charge on any atom is 0.220 e. The number of carbonyl (C=O) groups excluding carboxylic acids is 1. The first kappa shape index (κ1) is 14.5. The molecular formula is C13H26N2O2. The molecule has 0 aliphatic carbocycles. The van der Waals surface area contributed by atoms with Gasteiger partial charge in [-0.15, -0.1) is 0 Å². The molecule has 0 aromatic carbocycles. The van der Waals surface area contributed by atoms with Gasteiger partial charge < -0.3 is 15.4 Å². The minimum atomic E-state index is 0.187. The Morgan fingerprint density at radius 1 is 1.53 bits per heavy atom. The van der Waals surface area contributed by atoms with Crippen LogP contribution in [0.5, 0.6) is 0 Å². The van der Waals surface area contributed by atoms with E-state index in [1.165, 1.54) is 12.8 Å². The van der Waals surface area contributed by atoms with Crippen molar-refractivity contribution >= 4 is 5.91 Å². The molecule has 1 rings (SSSR count). The van der Waals surface area contributed by atoms with Crippen LogP contribution in [0.1, 0.15) is 39.0 Å². The highest BCUT2D eigenvalue weighted by Gasteiger charge is 2.13. The third kappa shape index (κ3) is 7.34. The number of carbonyl (C=O) groups is 1. The zero-order valence-corrected chi connectivity index (χ0v) is 11.0. The highest BCUT2D eigenvalue weighted by molar-refractivity contribution is 5.75. The second-order valence-corrected chi connectivity index (χ2v) is 4.65. The summed E-state index contributed by atoms with van der Waals surface area (Å²) in [5, 5.41) is 6.32. The van der Waals surface area contributed by atoms with E-state index >= 15 is 0 Å². The monoisotopic (exact) mass is 242 g/mol. The third-order valence-electron chi connectivity index (χ3n) is 3.17. The van der Waals surface area contributed by atoms with Gasteiger partial charge in [-0.2, -0.15) is 0 Å². The number of nitrogens with one attached hydrogen (secondary N) is 2. The molecule has 1 fully saturated rings. The standard InChI is InChI=1S/C13H26N2O2/c1-2-17-10-4-9-15-13(16)7-6-12-5-3-8-14-11-12/h12,14H,2-11H2,1H3,(H,15,16). The average Bonchev–Trinajstić information content (AvgIpc) is 2.37. The molecule has 0 spiro atoms. The quantitative estimate of drug-likeness (QED) is 0.631. The normalized spacial score (nSPS) is 20.2. The Bertz CT molecular complexity index is 204. The van der Waals surface area contributed by atoms with Crippen molar-refractivity contribution in [3.63, 3.8) is 0 Å². The predicted octanol–water partition coefficient (Wildman–Crippen LogP) is 1.31. The lowest BCUT2D eigenvalue weighted by atomic mass is 9.94. The number of hydrogen-bond donors (Lipinski definition) is 2. The number of amides is 1. The van der Waals surface area contributed by atoms with Gasteiger partial charge in [0, 0.05) is 26.2 Å². The molecule has 1 atom stereocenters. The molecular weight excluding hydrogens is 216 g/mol. The van der Waals surface area contributed by atoms with Crippen LogP contribution in [0.4, 0.5) is 0 Å². The van der Waals surface area contributed by atoms with Gasteiger partial charge in [0.15, 0.2) is 0 Å². The summed E-state index contributed by atoms with van der Waals surface area (Å²) >= 11 is 0. The summed E-state index contributed by atoms with van der Waals surface area (Å²) in [4.78, 5) is 11.5. The average molecular weight is 242 g/mol. The van der Waals surface area contributed by atoms with E-state index in [-0.39, 0.29) is 5.91 Å². The van der Waals surface area contributed by atoms with Crippen LogP contribution in [0.25, 0.3) is 0 Å². The van der Waals surface area contributed by atoms with Crippen LogP contribution in [0.2, 0.25) is 0 Å². The van der Waals surface area contributed by atoms with Crippen molar-refractivity contribution in [3.8, 4) is 0 Å². The summed E-state index contributed by atoms with van der Waals surface area (Å²) in [6.07, 6.45) is 5.11. The summed E-state index contributed by atoms with van der Waals surface area (Å²) in [5.74, 6) is 0.880. The molecule has 0 aromatic rings. The SMILES string of the molecule is CCOCCCNC(=O)CCC1CCCNC1. The predicted molar refractivity (Wildman–Crippen MR) is 68.9 cm³/mol. The fourth-order valence-electron chi connectivity index (χ4n) is 2.14. The summed E-state index contributed by atoms with van der Waals surface area (Å²) in [6, 6.07) is 0. The molecule has 100 valence electrons. The van der Waals surface area contributed by atoms with E-state index in [0.29, 0.717) is 12.3 Å². The third-order valence-corrected chi connectivity index (χ3v) is 3.17. The van der Waals surface area contributed by atoms with Crippen molar-refractivity contribution in [2.75, 3.05) is 32.8 Å². The van der Waals surface area contributed by atoms with Gasteiger partial charge in [0.05, 0.1) is 0 Å². The maximum absolute atomic E-state index is 11.5. The molecule has 0 saturated carbocycles. The van der Waals surface area contributed by atoms with Gasteiger partial charge in [0.1, 0.15) is 0 Å². The zero-order chi connectivity index (χ0) is 12.3. The lowest BCUT2D eigenvalue weighted by Gasteiger charge is -2.22. The van der Waals surface area contributed by atoms with Crippen LogP contribution in [0.15, 0.2) is 0 Å². The van der Waals surface area contributed by atoms with E-state index < -0.39 is 0 Å². The Hall–Kier alpha value is -0.610. The highest BCUT2D eigenvalue weighted by atomic mass is 16.5. The Labute approximate surface area is 104 Å². The molecule has 4 heteroatoms. The van der Waals surface area contributed by atoms with Gasteiger partial charge in [0.25, 0.3) is 0 Å². The second kappa shape index (κ2) is 9.42. The lowest BCUT2D eigenvalue weighted by Crippen LogP contribution is -2.31. The molecule has 0 aromatic heterocycles. The van der Waals surface area contributed by atoms with Crippen LogP contribution < -0.4 is 10.6 Å². The van der Waals surface area contributed by atoms with Gasteiger partial charge in [-0.25, -0.2) is 0 Å². The Morgan fingerprint density at radius 3 is 3.12 bits per heavy atom. The van der Waals surface area contributed by atoms with Gasteiger partial charge in [-0.3, -0.25) is 4.79 Å². The fourth-order valence-corrected chi connectivity index (χ4v) is 2.14. The smallest absolute Gasteiger partial charge is 0.220 e. The van der Waals surface area contributed by atoms with Gasteiger partial charge in [0.2, 0.25) is 5.91 Å². The van der Waals surface area contributed by atoms with Crippen LogP contribution in [0, 0.1) is 5.92 Å². The first-order chi connectivity index (χ1) is 8.33. The molecule has 0 radical (unpaired) electrons. The van der Waals surface area contributed by atoms with Gasteiger partial charge in [-0.05, 0) is 51.6 Å². The molecule has 1 saturated heterocycles. The minimum absolute atomic E-state index is 0.187. The van der Waals surface area contributed by atoms with Crippen molar-refractivity contribution in [2.45, 2.75) is 39.0 Å². The van der Waals surface area contributed by atoms with Crippen molar-refractivity contribution < 1.29 is 9.53 Å². The molecule has 17 heavy (non-hydrogen) atoms. The number of hydrogen-bond acceptors (Lipinski definition) is 3. The highest BCUT2D eigenvalue weighted by Crippen LogP contribution is 2.15. The van der Waals surface area contributed by atoms with Gasteiger partial charge >= 0.3 is 0 Å². The number of ether oxygens (including phenoxy) is 1. The maximum atomic E-state index is 11.5. The van der Waals surface area contributed by atoms with Crippen LogP contribution in [-0.2, 0) is 9.53 Å². The van der Waals surface area contributed by atoms with Crippen molar-refractivity contribution in [1.82, 2.24) is 10.6 Å². The Balaban J connectivity index is 1.93. The topological polar surface area (TPSA) is 50.4 Å². The molecule has 0 bridgehead atoms. The van der Waals surface area contributed by atoms with E-state index in [0.717, 1.165) is 45.7 Å². The number of rotatable bonds is 8. The van der Waals surface area contributed by atoms with Crippen LogP contribution >= 0.6 is 0 Å². The van der Waals surface area contributed by atoms with E-state index in [2.05, 4.69) is 10.6 Å². The molecule has 1 unspecified atom stereocenters. The van der Waals surface area contributed by atoms with Crippen molar-refractivity contribution in [1.29, 1.82) is 0 Å². The summed E-state index contributed by atoms with van der Waals surface area (Å²) in [6.45, 7) is 6.43. The summed E-state index contributed by atoms with van der Waals surface area (Å²) < 4.78 is 5.21. The largest absolute Gasteiger partial charge is 0.382 e. The molecule has 1 aliphatic heterocycles.